The maximum Gasteiger partial charge on any atom is 0.472 e. The van der Waals surface area contributed by atoms with Crippen LogP contribution in [-0.4, -0.2) is 95.9 Å². The monoisotopic (exact) mass is 1620 g/mol. The van der Waals surface area contributed by atoms with E-state index < -0.39 is 91.5 Å². The second kappa shape index (κ2) is 86.8. The summed E-state index contributed by atoms with van der Waals surface area (Å²) in [4.78, 5) is 59.0. The first-order valence-electron chi connectivity index (χ1n) is 45.1. The number of ether oxygens (including phenoxy) is 3. The van der Waals surface area contributed by atoms with Gasteiger partial charge in [-0.25, -0.2) is 9.13 Å². The number of phosphoric acid groups is 2. The molecule has 0 fully saturated rings. The van der Waals surface area contributed by atoms with Crippen molar-refractivity contribution >= 4 is 33.6 Å². The van der Waals surface area contributed by atoms with Crippen LogP contribution in [0, 0.1) is 0 Å². The Bertz CT molecular complexity index is 2630. The third-order valence-corrected chi connectivity index (χ3v) is 20.9. The molecule has 0 radical (unpaired) electrons. The van der Waals surface area contributed by atoms with E-state index in [0.717, 1.165) is 154 Å². The van der Waals surface area contributed by atoms with Gasteiger partial charge in [-0.1, -0.05) is 353 Å². The number of hydrogen-bond acceptors (Lipinski definition) is 14. The van der Waals surface area contributed by atoms with E-state index in [1.54, 1.807) is 0 Å². The molecule has 0 aliphatic carbocycles. The number of aliphatic hydroxyl groups is 2. The average Bonchev–Trinajstić information content (AvgIpc) is 0.903. The molecule has 18 heteroatoms. The number of hydrogen-bond donors (Lipinski definition) is 4. The summed E-state index contributed by atoms with van der Waals surface area (Å²) < 4.78 is 61.4. The Morgan fingerprint density at radius 2 is 0.442 bits per heavy atom. The van der Waals surface area contributed by atoms with Crippen LogP contribution in [0.15, 0.2) is 146 Å². The van der Waals surface area contributed by atoms with E-state index in [1.165, 1.54) is 167 Å². The summed E-state index contributed by atoms with van der Waals surface area (Å²) in [6, 6.07) is 0. The molecule has 5 unspecified atom stereocenters. The van der Waals surface area contributed by atoms with Gasteiger partial charge in [-0.3, -0.25) is 32.5 Å². The van der Waals surface area contributed by atoms with Crippen molar-refractivity contribution in [1.29, 1.82) is 0 Å². The molecular formula is C95H164O16P2. The second-order valence-electron chi connectivity index (χ2n) is 30.0. The van der Waals surface area contributed by atoms with Gasteiger partial charge in [-0.15, -0.1) is 0 Å². The molecule has 0 aliphatic rings. The maximum absolute atomic E-state index is 13.1. The van der Waals surface area contributed by atoms with Crippen LogP contribution >= 0.6 is 15.6 Å². The number of rotatable bonds is 85. The molecule has 0 aromatic carbocycles. The van der Waals surface area contributed by atoms with Crippen LogP contribution < -0.4 is 0 Å². The zero-order valence-electron chi connectivity index (χ0n) is 71.5. The van der Waals surface area contributed by atoms with E-state index in [1.807, 2.05) is 0 Å². The quantitative estimate of drug-likeness (QED) is 0.0146. The van der Waals surface area contributed by atoms with E-state index in [-0.39, 0.29) is 19.3 Å². The Labute approximate surface area is 689 Å². The van der Waals surface area contributed by atoms with Crippen LogP contribution in [0.4, 0.5) is 0 Å². The predicted octanol–water partition coefficient (Wildman–Crippen LogP) is 27.6. The number of carbonyl (C=O) groups excluding carboxylic acids is 3. The lowest BCUT2D eigenvalue weighted by Gasteiger charge is -2.21. The first-order valence-corrected chi connectivity index (χ1v) is 48.1. The summed E-state index contributed by atoms with van der Waals surface area (Å²) in [7, 11) is -9.82. The van der Waals surface area contributed by atoms with Crippen molar-refractivity contribution in [3.05, 3.63) is 146 Å². The van der Waals surface area contributed by atoms with Crippen molar-refractivity contribution in [2.24, 2.45) is 0 Å². The van der Waals surface area contributed by atoms with Crippen molar-refractivity contribution in [3.8, 4) is 0 Å². The van der Waals surface area contributed by atoms with Gasteiger partial charge in [-0.2, -0.15) is 0 Å². The van der Waals surface area contributed by atoms with Gasteiger partial charge in [0.05, 0.1) is 26.4 Å². The lowest BCUT2D eigenvalue weighted by molar-refractivity contribution is -0.161. The van der Waals surface area contributed by atoms with Gasteiger partial charge < -0.3 is 34.2 Å². The Morgan fingerprint density at radius 3 is 0.699 bits per heavy atom. The van der Waals surface area contributed by atoms with E-state index in [4.69, 9.17) is 32.3 Å². The average molecular weight is 1620 g/mol. The van der Waals surface area contributed by atoms with E-state index in [9.17, 15) is 43.5 Å². The summed E-state index contributed by atoms with van der Waals surface area (Å²) in [5.41, 5.74) is 0. The van der Waals surface area contributed by atoms with Crippen molar-refractivity contribution in [3.63, 3.8) is 0 Å². The smallest absolute Gasteiger partial charge is 0.463 e. The molecule has 650 valence electrons. The molecule has 0 aromatic heterocycles. The molecule has 0 rings (SSSR count). The standard InChI is InChI=1S/C95H164O16P2/c1-4-7-10-13-16-19-22-25-28-31-34-37-39-41-43-44-46-48-49-52-54-57-60-63-66-69-72-75-78-81-93(98)105-84-90(96)85-107-112(101,102)108-86-91(97)87-109-113(103,104)110-89-92(111-95(100)83-80-77-74-71-68-65-62-59-56-51-36-33-30-27-24-21-18-15-12-9-6-3)88-106-94(99)82-79-76-73-70-67-64-61-58-55-53-50-47-45-42-40-38-35-32-29-26-23-20-17-14-11-8-5-2/h16-21,25-30,34-38,41-43,45,51,59,62,90-92,96-97H,4-15,22-24,31-33,39-40,44,46-50,52-58,60-61,63-89H2,1-3H3,(H,101,102)(H,103,104)/b19-16-,20-17-,21-18-,28-25-,29-26-,30-27-,37-34-,38-35-,43-41-,45-42-,51-36-,62-59-. The zero-order chi connectivity index (χ0) is 82.2. The van der Waals surface area contributed by atoms with Gasteiger partial charge in [0.25, 0.3) is 0 Å². The van der Waals surface area contributed by atoms with Gasteiger partial charge in [0, 0.05) is 19.3 Å². The molecular weight excluding hydrogens is 1460 g/mol. The predicted molar refractivity (Wildman–Crippen MR) is 473 cm³/mol. The van der Waals surface area contributed by atoms with Crippen LogP contribution in [0.1, 0.15) is 380 Å². The maximum atomic E-state index is 13.1. The molecule has 113 heavy (non-hydrogen) atoms. The van der Waals surface area contributed by atoms with Crippen molar-refractivity contribution in [2.45, 2.75) is 399 Å². The third kappa shape index (κ3) is 88.1. The molecule has 0 heterocycles. The largest absolute Gasteiger partial charge is 0.472 e. The summed E-state index contributed by atoms with van der Waals surface area (Å²) in [6.07, 6.45) is 109. The molecule has 0 amide bonds. The fourth-order valence-corrected chi connectivity index (χ4v) is 13.7. The van der Waals surface area contributed by atoms with Crippen molar-refractivity contribution < 1.29 is 75.8 Å². The first kappa shape index (κ1) is 108. The minimum Gasteiger partial charge on any atom is -0.463 e. The number of allylic oxidation sites excluding steroid dienone is 24. The molecule has 0 saturated heterocycles. The van der Waals surface area contributed by atoms with Crippen LogP contribution in [-0.2, 0) is 55.8 Å². The molecule has 0 aromatic rings. The van der Waals surface area contributed by atoms with Crippen LogP contribution in [0.25, 0.3) is 0 Å². The van der Waals surface area contributed by atoms with Crippen LogP contribution in [0.5, 0.6) is 0 Å². The topological polar surface area (TPSA) is 231 Å². The highest BCUT2D eigenvalue weighted by Gasteiger charge is 2.29. The van der Waals surface area contributed by atoms with Gasteiger partial charge in [0.15, 0.2) is 6.10 Å². The van der Waals surface area contributed by atoms with Crippen LogP contribution in [0.3, 0.4) is 0 Å². The highest BCUT2D eigenvalue weighted by molar-refractivity contribution is 7.47. The number of phosphoric ester groups is 2. The van der Waals surface area contributed by atoms with Crippen molar-refractivity contribution in [1.82, 2.24) is 0 Å². The van der Waals surface area contributed by atoms with Gasteiger partial charge in [-0.05, 0) is 154 Å². The number of unbranched alkanes of at least 4 members (excludes halogenated alkanes) is 38. The molecule has 0 aliphatic heterocycles. The summed E-state index contributed by atoms with van der Waals surface area (Å²) >= 11 is 0. The Balaban J connectivity index is 4.63. The normalized spacial score (nSPS) is 14.5. The van der Waals surface area contributed by atoms with E-state index >= 15 is 0 Å². The fraction of sp³-hybridized carbons (Fsp3) is 0.716. The van der Waals surface area contributed by atoms with Crippen molar-refractivity contribution in [2.75, 3.05) is 39.6 Å². The zero-order valence-corrected chi connectivity index (χ0v) is 73.3. The minimum absolute atomic E-state index is 0.0799. The number of aliphatic hydroxyl groups excluding tert-OH is 2. The molecule has 0 saturated carbocycles. The summed E-state index contributed by atoms with van der Waals surface area (Å²) in [5, 5.41) is 20.7. The fourth-order valence-electron chi connectivity index (χ4n) is 12.1. The molecule has 16 nitrogen and oxygen atoms in total. The third-order valence-electron chi connectivity index (χ3n) is 19.0. The number of carbonyl (C=O) groups is 3. The van der Waals surface area contributed by atoms with E-state index in [2.05, 4.69) is 167 Å². The lowest BCUT2D eigenvalue weighted by Crippen LogP contribution is -2.30. The lowest BCUT2D eigenvalue weighted by atomic mass is 10.0. The van der Waals surface area contributed by atoms with Gasteiger partial charge >= 0.3 is 33.6 Å². The van der Waals surface area contributed by atoms with E-state index in [0.29, 0.717) is 19.3 Å². The first-order chi connectivity index (χ1) is 55.2. The summed E-state index contributed by atoms with van der Waals surface area (Å²) in [6.45, 7) is 2.61. The van der Waals surface area contributed by atoms with Crippen LogP contribution in [0.2, 0.25) is 0 Å². The number of esters is 3. The Hall–Kier alpha value is -4.57. The summed E-state index contributed by atoms with van der Waals surface area (Å²) in [5.74, 6) is -1.59. The second-order valence-corrected chi connectivity index (χ2v) is 32.9. The van der Waals surface area contributed by atoms with Gasteiger partial charge in [0.2, 0.25) is 0 Å². The highest BCUT2D eigenvalue weighted by Crippen LogP contribution is 2.45. The molecule has 0 spiro atoms. The minimum atomic E-state index is -4.95. The highest BCUT2D eigenvalue weighted by atomic mass is 31.2. The van der Waals surface area contributed by atoms with Gasteiger partial charge in [0.1, 0.15) is 25.4 Å². The Morgan fingerprint density at radius 1 is 0.248 bits per heavy atom. The molecule has 0 bridgehead atoms. The molecule has 5 atom stereocenters. The molecule has 4 N–H and O–H groups in total. The SMILES string of the molecule is CCCCC/C=C\C/C=C\C/C=C\C/C=C\CCCCCCCCCCCCCCCC(=O)OCC(O)COP(=O)(O)OCC(O)COP(=O)(O)OCC(COC(=O)CCCCCCCCCCCCC/C=C\C/C=C\C/C=C\C/C=C\CCCCC)OC(=O)CCCCCCC/C=C\C/C=C\C/C=C\C/C=C\CCCCC. The Kier molecular flexibility index (Phi) is 83.3.